The average molecular weight is 264 g/mol. The highest BCUT2D eigenvalue weighted by Crippen LogP contribution is 2.27. The molecule has 0 aliphatic carbocycles. The molecule has 1 amide bonds. The standard InChI is InChI=1S/C9H14BrNOS/c10-8-2-1-4-11(9(8)12)7-3-5-13-6-7/h7-8H,1-6H2. The van der Waals surface area contributed by atoms with Gasteiger partial charge in [-0.15, -0.1) is 0 Å². The lowest BCUT2D eigenvalue weighted by Crippen LogP contribution is -2.47. The van der Waals surface area contributed by atoms with E-state index >= 15 is 0 Å². The van der Waals surface area contributed by atoms with E-state index in [9.17, 15) is 4.79 Å². The summed E-state index contributed by atoms with van der Waals surface area (Å²) in [5.74, 6) is 2.69. The Kier molecular flexibility index (Phi) is 3.19. The second-order valence-corrected chi connectivity index (χ2v) is 5.91. The maximum Gasteiger partial charge on any atom is 0.236 e. The molecule has 0 N–H and O–H groups in total. The van der Waals surface area contributed by atoms with E-state index < -0.39 is 0 Å². The molecule has 0 aromatic rings. The molecule has 4 heteroatoms. The largest absolute Gasteiger partial charge is 0.338 e. The Morgan fingerprint density at radius 2 is 2.31 bits per heavy atom. The molecule has 2 atom stereocenters. The summed E-state index contributed by atoms with van der Waals surface area (Å²) in [6.45, 7) is 0.978. The lowest BCUT2D eigenvalue weighted by molar-refractivity contribution is -0.134. The summed E-state index contributed by atoms with van der Waals surface area (Å²) in [6, 6.07) is 0.526. The fourth-order valence-electron chi connectivity index (χ4n) is 1.98. The number of halogens is 1. The number of rotatable bonds is 1. The van der Waals surface area contributed by atoms with Gasteiger partial charge in [-0.3, -0.25) is 4.79 Å². The summed E-state index contributed by atoms with van der Waals surface area (Å²) in [5.41, 5.74) is 0. The van der Waals surface area contributed by atoms with Crippen molar-refractivity contribution in [1.82, 2.24) is 4.90 Å². The van der Waals surface area contributed by atoms with Gasteiger partial charge in [0.25, 0.3) is 0 Å². The zero-order valence-corrected chi connectivity index (χ0v) is 9.94. The van der Waals surface area contributed by atoms with Crippen LogP contribution in [0.2, 0.25) is 0 Å². The summed E-state index contributed by atoms with van der Waals surface area (Å²) in [6.07, 6.45) is 3.36. The summed E-state index contributed by atoms with van der Waals surface area (Å²) >= 11 is 5.41. The van der Waals surface area contributed by atoms with Crippen LogP contribution in [0.1, 0.15) is 19.3 Å². The molecule has 13 heavy (non-hydrogen) atoms. The van der Waals surface area contributed by atoms with Crippen LogP contribution in [0.3, 0.4) is 0 Å². The van der Waals surface area contributed by atoms with Gasteiger partial charge >= 0.3 is 0 Å². The molecule has 0 aromatic heterocycles. The first-order chi connectivity index (χ1) is 6.29. The molecule has 0 radical (unpaired) electrons. The van der Waals surface area contributed by atoms with Gasteiger partial charge in [-0.25, -0.2) is 0 Å². The fraction of sp³-hybridized carbons (Fsp3) is 0.889. The Morgan fingerprint density at radius 3 is 3.00 bits per heavy atom. The lowest BCUT2D eigenvalue weighted by Gasteiger charge is -2.34. The van der Waals surface area contributed by atoms with Gasteiger partial charge in [0.1, 0.15) is 0 Å². The van der Waals surface area contributed by atoms with Gasteiger partial charge in [0.2, 0.25) is 5.91 Å². The van der Waals surface area contributed by atoms with E-state index in [4.69, 9.17) is 0 Å². The Labute approximate surface area is 91.6 Å². The van der Waals surface area contributed by atoms with Crippen LogP contribution in [0, 0.1) is 0 Å². The predicted molar refractivity (Wildman–Crippen MR) is 59.4 cm³/mol. The Balaban J connectivity index is 2.00. The summed E-state index contributed by atoms with van der Waals surface area (Å²) in [7, 11) is 0. The number of nitrogens with zero attached hydrogens (tertiary/aromatic N) is 1. The lowest BCUT2D eigenvalue weighted by atomic mass is 10.1. The molecule has 2 fully saturated rings. The summed E-state index contributed by atoms with van der Waals surface area (Å²) in [4.78, 5) is 14.0. The first-order valence-electron chi connectivity index (χ1n) is 4.81. The number of carbonyl (C=O) groups is 1. The Morgan fingerprint density at radius 1 is 1.46 bits per heavy atom. The van der Waals surface area contributed by atoms with Crippen molar-refractivity contribution in [3.8, 4) is 0 Å². The molecular weight excluding hydrogens is 250 g/mol. The second-order valence-electron chi connectivity index (χ2n) is 3.66. The average Bonchev–Trinajstić information content (AvgIpc) is 2.62. The third-order valence-corrected chi connectivity index (χ3v) is 4.75. The minimum atomic E-state index is 0.0897. The number of hydrogen-bond acceptors (Lipinski definition) is 2. The maximum absolute atomic E-state index is 11.8. The van der Waals surface area contributed by atoms with Crippen LogP contribution in [-0.2, 0) is 4.79 Å². The number of thioether (sulfide) groups is 1. The zero-order valence-electron chi connectivity index (χ0n) is 7.54. The highest BCUT2D eigenvalue weighted by Gasteiger charge is 2.32. The van der Waals surface area contributed by atoms with E-state index in [1.165, 1.54) is 12.2 Å². The number of amides is 1. The van der Waals surface area contributed by atoms with E-state index in [0.29, 0.717) is 11.9 Å². The third-order valence-electron chi connectivity index (χ3n) is 2.75. The molecule has 2 rings (SSSR count). The van der Waals surface area contributed by atoms with E-state index in [1.807, 2.05) is 11.8 Å². The number of likely N-dealkylation sites (tertiary alicyclic amines) is 1. The normalized spacial score (nSPS) is 35.5. The molecule has 2 saturated heterocycles. The highest BCUT2D eigenvalue weighted by molar-refractivity contribution is 9.10. The van der Waals surface area contributed by atoms with Crippen LogP contribution >= 0.6 is 27.7 Å². The maximum atomic E-state index is 11.8. The van der Waals surface area contributed by atoms with Crippen molar-refractivity contribution < 1.29 is 4.79 Å². The molecule has 0 spiro atoms. The van der Waals surface area contributed by atoms with E-state index in [2.05, 4.69) is 20.8 Å². The number of piperidine rings is 1. The van der Waals surface area contributed by atoms with Crippen molar-refractivity contribution in [1.29, 1.82) is 0 Å². The molecule has 2 aliphatic rings. The van der Waals surface area contributed by atoms with Crippen LogP contribution in [0.5, 0.6) is 0 Å². The smallest absolute Gasteiger partial charge is 0.236 e. The fourth-order valence-corrected chi connectivity index (χ4v) is 3.80. The van der Waals surface area contributed by atoms with Gasteiger partial charge in [0, 0.05) is 18.3 Å². The van der Waals surface area contributed by atoms with Crippen molar-refractivity contribution >= 4 is 33.6 Å². The van der Waals surface area contributed by atoms with Gasteiger partial charge in [-0.2, -0.15) is 11.8 Å². The van der Waals surface area contributed by atoms with Crippen LogP contribution < -0.4 is 0 Å². The Hall–Kier alpha value is 0.300. The summed E-state index contributed by atoms with van der Waals surface area (Å²) in [5, 5.41) is 0. The van der Waals surface area contributed by atoms with Crippen LogP contribution in [0.4, 0.5) is 0 Å². The first kappa shape index (κ1) is 9.84. The summed E-state index contributed by atoms with van der Waals surface area (Å²) < 4.78 is 0. The van der Waals surface area contributed by atoms with Gasteiger partial charge in [0.15, 0.2) is 0 Å². The van der Waals surface area contributed by atoms with Crippen LogP contribution in [-0.4, -0.2) is 39.7 Å². The van der Waals surface area contributed by atoms with Gasteiger partial charge in [-0.1, -0.05) is 15.9 Å². The van der Waals surface area contributed by atoms with Crippen molar-refractivity contribution in [2.75, 3.05) is 18.1 Å². The highest BCUT2D eigenvalue weighted by atomic mass is 79.9. The molecule has 2 unspecified atom stereocenters. The number of alkyl halides is 1. The first-order valence-corrected chi connectivity index (χ1v) is 6.88. The van der Waals surface area contributed by atoms with Gasteiger partial charge in [-0.05, 0) is 25.0 Å². The number of carbonyl (C=O) groups excluding carboxylic acids is 1. The topological polar surface area (TPSA) is 20.3 Å². The van der Waals surface area contributed by atoms with E-state index in [1.54, 1.807) is 0 Å². The SMILES string of the molecule is O=C1C(Br)CCCN1C1CCSC1. The Bertz CT molecular complexity index is 206. The van der Waals surface area contributed by atoms with Gasteiger partial charge in [0.05, 0.1) is 4.83 Å². The molecular formula is C9H14BrNOS. The molecule has 0 bridgehead atoms. The van der Waals surface area contributed by atoms with Crippen molar-refractivity contribution in [2.45, 2.75) is 30.1 Å². The zero-order chi connectivity index (χ0) is 9.26. The third kappa shape index (κ3) is 2.04. The van der Waals surface area contributed by atoms with Crippen LogP contribution in [0.15, 0.2) is 0 Å². The van der Waals surface area contributed by atoms with Gasteiger partial charge < -0.3 is 4.90 Å². The van der Waals surface area contributed by atoms with Crippen molar-refractivity contribution in [3.05, 3.63) is 0 Å². The van der Waals surface area contributed by atoms with E-state index in [-0.39, 0.29) is 4.83 Å². The number of hydrogen-bond donors (Lipinski definition) is 0. The van der Waals surface area contributed by atoms with Crippen LogP contribution in [0.25, 0.3) is 0 Å². The minimum absolute atomic E-state index is 0.0897. The predicted octanol–water partition coefficient (Wildman–Crippen LogP) is 1.88. The molecule has 0 saturated carbocycles. The molecule has 74 valence electrons. The molecule has 2 nitrogen and oxygen atoms in total. The molecule has 2 heterocycles. The molecule has 2 aliphatic heterocycles. The van der Waals surface area contributed by atoms with Crippen molar-refractivity contribution in [3.63, 3.8) is 0 Å². The monoisotopic (exact) mass is 263 g/mol. The van der Waals surface area contributed by atoms with Crippen molar-refractivity contribution in [2.24, 2.45) is 0 Å². The van der Waals surface area contributed by atoms with E-state index in [0.717, 1.165) is 25.1 Å². The second kappa shape index (κ2) is 4.22. The minimum Gasteiger partial charge on any atom is -0.338 e. The quantitative estimate of drug-likeness (QED) is 0.674. The molecule has 0 aromatic carbocycles.